The number of aryl methyl sites for hydroxylation is 2. The minimum absolute atomic E-state index is 0.0295. The molecule has 0 unspecified atom stereocenters. The van der Waals surface area contributed by atoms with Gasteiger partial charge in [0.1, 0.15) is 0 Å². The molecule has 0 saturated carbocycles. The van der Waals surface area contributed by atoms with Crippen molar-refractivity contribution in [2.45, 2.75) is 32.9 Å². The number of hydrogen-bond donors (Lipinski definition) is 1. The summed E-state index contributed by atoms with van der Waals surface area (Å²) in [6, 6.07) is 22.9. The maximum atomic E-state index is 9.03. The topological polar surface area (TPSA) is 55.8 Å². The molecule has 2 aromatic heterocycles. The van der Waals surface area contributed by atoms with Crippen molar-refractivity contribution < 1.29 is 4.74 Å². The van der Waals surface area contributed by atoms with Crippen molar-refractivity contribution in [2.24, 2.45) is 0 Å². The van der Waals surface area contributed by atoms with E-state index in [1.54, 1.807) is 7.11 Å². The van der Waals surface area contributed by atoms with E-state index in [0.717, 1.165) is 28.8 Å². The maximum Gasteiger partial charge on any atom is 0.203 e. The van der Waals surface area contributed by atoms with E-state index in [1.165, 1.54) is 11.1 Å². The van der Waals surface area contributed by atoms with Gasteiger partial charge in [0.25, 0.3) is 0 Å². The average Bonchev–Trinajstić information content (AvgIpc) is 3.01. The van der Waals surface area contributed by atoms with Gasteiger partial charge in [-0.15, -0.1) is 0 Å². The Morgan fingerprint density at radius 1 is 0.933 bits per heavy atom. The molecule has 0 aliphatic heterocycles. The van der Waals surface area contributed by atoms with Crippen LogP contribution in [0.2, 0.25) is 0 Å². The fraction of sp³-hybridized carbons (Fsp3) is 0.280. The second-order valence-electron chi connectivity index (χ2n) is 7.84. The SMILES string of the molecule is COC[C@H](Cc1ccc(C)cc1)n1c(=N)n(Cc2cccc(C)n2)c2ccccc21. The smallest absolute Gasteiger partial charge is 0.203 e. The molecule has 0 saturated heterocycles. The van der Waals surface area contributed by atoms with Crippen LogP contribution in [0, 0.1) is 19.3 Å². The van der Waals surface area contributed by atoms with Gasteiger partial charge in [0.2, 0.25) is 5.62 Å². The Morgan fingerprint density at radius 2 is 1.67 bits per heavy atom. The van der Waals surface area contributed by atoms with Gasteiger partial charge in [0, 0.05) is 12.8 Å². The summed E-state index contributed by atoms with van der Waals surface area (Å²) in [5.74, 6) is 0. The van der Waals surface area contributed by atoms with Crippen molar-refractivity contribution in [3.05, 3.63) is 94.9 Å². The third kappa shape index (κ3) is 4.07. The predicted octanol–water partition coefficient (Wildman–Crippen LogP) is 4.41. The summed E-state index contributed by atoms with van der Waals surface area (Å²) in [6.07, 6.45) is 0.807. The molecular weight excluding hydrogens is 372 g/mol. The largest absolute Gasteiger partial charge is 0.383 e. The molecule has 0 aliphatic rings. The van der Waals surface area contributed by atoms with Crippen LogP contribution >= 0.6 is 0 Å². The van der Waals surface area contributed by atoms with Gasteiger partial charge >= 0.3 is 0 Å². The number of methoxy groups -OCH3 is 1. The van der Waals surface area contributed by atoms with Crippen molar-refractivity contribution in [1.82, 2.24) is 14.1 Å². The molecule has 1 N–H and O–H groups in total. The Bertz CT molecular complexity index is 1200. The van der Waals surface area contributed by atoms with Crippen LogP contribution in [0.5, 0.6) is 0 Å². The van der Waals surface area contributed by atoms with E-state index in [-0.39, 0.29) is 6.04 Å². The number of ether oxygens (including phenoxy) is 1. The molecule has 0 spiro atoms. The molecule has 2 heterocycles. The predicted molar refractivity (Wildman–Crippen MR) is 120 cm³/mol. The van der Waals surface area contributed by atoms with Crippen LogP contribution in [0.15, 0.2) is 66.7 Å². The van der Waals surface area contributed by atoms with E-state index in [0.29, 0.717) is 18.8 Å². The monoisotopic (exact) mass is 400 g/mol. The summed E-state index contributed by atoms with van der Waals surface area (Å²) in [4.78, 5) is 4.64. The van der Waals surface area contributed by atoms with Crippen molar-refractivity contribution in [2.75, 3.05) is 13.7 Å². The summed E-state index contributed by atoms with van der Waals surface area (Å²) in [5, 5.41) is 9.03. The van der Waals surface area contributed by atoms with Crippen LogP contribution in [0.3, 0.4) is 0 Å². The molecule has 0 fully saturated rings. The highest BCUT2D eigenvalue weighted by molar-refractivity contribution is 5.76. The lowest BCUT2D eigenvalue weighted by Gasteiger charge is -2.19. The highest BCUT2D eigenvalue weighted by Crippen LogP contribution is 2.22. The second-order valence-corrected chi connectivity index (χ2v) is 7.84. The first-order chi connectivity index (χ1) is 14.6. The highest BCUT2D eigenvalue weighted by atomic mass is 16.5. The average molecular weight is 401 g/mol. The molecule has 5 heteroatoms. The molecule has 0 aliphatic carbocycles. The highest BCUT2D eigenvalue weighted by Gasteiger charge is 2.19. The molecular formula is C25H28N4O. The summed E-state index contributed by atoms with van der Waals surface area (Å²) in [5.41, 5.74) is 6.98. The van der Waals surface area contributed by atoms with Gasteiger partial charge in [0.05, 0.1) is 35.9 Å². The van der Waals surface area contributed by atoms with E-state index in [1.807, 2.05) is 41.8 Å². The molecule has 2 aromatic carbocycles. The zero-order valence-electron chi connectivity index (χ0n) is 17.8. The van der Waals surface area contributed by atoms with Gasteiger partial charge in [-0.1, -0.05) is 48.0 Å². The fourth-order valence-corrected chi connectivity index (χ4v) is 4.05. The van der Waals surface area contributed by atoms with E-state index < -0.39 is 0 Å². The third-order valence-corrected chi connectivity index (χ3v) is 5.50. The zero-order valence-corrected chi connectivity index (χ0v) is 17.8. The van der Waals surface area contributed by atoms with Crippen LogP contribution in [-0.2, 0) is 17.7 Å². The van der Waals surface area contributed by atoms with Crippen molar-refractivity contribution in [3.8, 4) is 0 Å². The van der Waals surface area contributed by atoms with Gasteiger partial charge in [0.15, 0.2) is 0 Å². The van der Waals surface area contributed by atoms with Crippen LogP contribution in [0.1, 0.15) is 28.6 Å². The quantitative estimate of drug-likeness (QED) is 0.499. The second kappa shape index (κ2) is 8.67. The lowest BCUT2D eigenvalue weighted by molar-refractivity contribution is 0.154. The number of imidazole rings is 1. The summed E-state index contributed by atoms with van der Waals surface area (Å²) >= 11 is 0. The number of hydrogen-bond acceptors (Lipinski definition) is 3. The summed E-state index contributed by atoms with van der Waals surface area (Å²) in [7, 11) is 1.72. The number of pyridine rings is 1. The standard InChI is InChI=1S/C25H28N4O/c1-18-11-13-20(14-12-18)15-22(17-30-3)29-24-10-5-4-9-23(24)28(25(29)26)16-21-8-6-7-19(2)27-21/h4-14,22,26H,15-17H2,1-3H3/t22-/m0/s1. The zero-order chi connectivity index (χ0) is 21.1. The molecule has 0 amide bonds. The number of fused-ring (bicyclic) bond motifs is 1. The molecule has 5 nitrogen and oxygen atoms in total. The molecule has 0 radical (unpaired) electrons. The van der Waals surface area contributed by atoms with Gasteiger partial charge in [-0.05, 0) is 50.1 Å². The summed E-state index contributed by atoms with van der Waals surface area (Å²) in [6.45, 7) is 5.20. The number of nitrogens with zero attached hydrogens (tertiary/aromatic N) is 3. The number of nitrogens with one attached hydrogen (secondary N) is 1. The lowest BCUT2D eigenvalue weighted by Crippen LogP contribution is -2.31. The molecule has 30 heavy (non-hydrogen) atoms. The maximum absolute atomic E-state index is 9.03. The Labute approximate surface area is 177 Å². The molecule has 1 atom stereocenters. The van der Waals surface area contributed by atoms with Gasteiger partial charge < -0.3 is 13.9 Å². The first-order valence-electron chi connectivity index (χ1n) is 10.3. The lowest BCUT2D eigenvalue weighted by atomic mass is 10.0. The Kier molecular flexibility index (Phi) is 5.81. The molecule has 4 aromatic rings. The van der Waals surface area contributed by atoms with Crippen LogP contribution in [-0.4, -0.2) is 27.8 Å². The van der Waals surface area contributed by atoms with Crippen LogP contribution < -0.4 is 5.62 Å². The van der Waals surface area contributed by atoms with Gasteiger partial charge in [-0.3, -0.25) is 10.4 Å². The Hall–Kier alpha value is -3.18. The number of benzene rings is 2. The van der Waals surface area contributed by atoms with E-state index in [2.05, 4.69) is 52.9 Å². The summed E-state index contributed by atoms with van der Waals surface area (Å²) < 4.78 is 9.72. The first-order valence-corrected chi connectivity index (χ1v) is 10.3. The van der Waals surface area contributed by atoms with E-state index >= 15 is 0 Å². The van der Waals surface area contributed by atoms with E-state index in [4.69, 9.17) is 10.1 Å². The van der Waals surface area contributed by atoms with Crippen LogP contribution in [0.25, 0.3) is 11.0 Å². The fourth-order valence-electron chi connectivity index (χ4n) is 4.05. The van der Waals surface area contributed by atoms with Gasteiger partial charge in [-0.25, -0.2) is 0 Å². The van der Waals surface area contributed by atoms with Crippen molar-refractivity contribution in [1.29, 1.82) is 5.41 Å². The minimum Gasteiger partial charge on any atom is -0.383 e. The van der Waals surface area contributed by atoms with E-state index in [9.17, 15) is 0 Å². The number of rotatable bonds is 7. The number of aromatic nitrogens is 3. The van der Waals surface area contributed by atoms with Crippen molar-refractivity contribution in [3.63, 3.8) is 0 Å². The third-order valence-electron chi connectivity index (χ3n) is 5.50. The molecule has 154 valence electrons. The van der Waals surface area contributed by atoms with Crippen LogP contribution in [0.4, 0.5) is 0 Å². The van der Waals surface area contributed by atoms with Crippen molar-refractivity contribution >= 4 is 11.0 Å². The number of para-hydroxylation sites is 2. The molecule has 4 rings (SSSR count). The minimum atomic E-state index is 0.0295. The molecule has 0 bridgehead atoms. The van der Waals surface area contributed by atoms with Gasteiger partial charge in [-0.2, -0.15) is 0 Å². The Morgan fingerprint density at radius 3 is 2.37 bits per heavy atom. The normalized spacial score (nSPS) is 12.4. The Balaban J connectivity index is 1.79. The first kappa shape index (κ1) is 20.1.